The summed E-state index contributed by atoms with van der Waals surface area (Å²) in [7, 11) is 0. The van der Waals surface area contributed by atoms with Gasteiger partial charge in [-0.15, -0.1) is 0 Å². The fraction of sp³-hybridized carbons (Fsp3) is 0.308. The maximum absolute atomic E-state index is 11.2. The molecular weight excluding hydrogens is 402 g/mol. The number of unbranched alkanes of at least 4 members (excludes halogenated alkanes) is 1. The Bertz CT molecular complexity index is 1280. The molecule has 2 heterocycles. The van der Waals surface area contributed by atoms with E-state index >= 15 is 0 Å². The van der Waals surface area contributed by atoms with Crippen molar-refractivity contribution in [1.82, 2.24) is 9.97 Å². The van der Waals surface area contributed by atoms with Crippen molar-refractivity contribution in [2.24, 2.45) is 5.73 Å². The first kappa shape index (κ1) is 21.8. The molecule has 6 nitrogen and oxygen atoms in total. The monoisotopic (exact) mass is 431 g/mol. The van der Waals surface area contributed by atoms with Crippen LogP contribution in [0, 0.1) is 6.92 Å². The Morgan fingerprint density at radius 3 is 2.72 bits per heavy atom. The quantitative estimate of drug-likeness (QED) is 0.324. The van der Waals surface area contributed by atoms with Crippen molar-refractivity contribution >= 4 is 27.8 Å². The van der Waals surface area contributed by atoms with Gasteiger partial charge in [-0.25, -0.2) is 4.98 Å². The molecule has 0 fully saturated rings. The van der Waals surface area contributed by atoms with Gasteiger partial charge in [0.05, 0.1) is 18.7 Å². The number of nitrogens with zero attached hydrogens (tertiary/aromatic N) is 1. The Balaban J connectivity index is 1.93. The van der Waals surface area contributed by atoms with Crippen LogP contribution >= 0.6 is 0 Å². The van der Waals surface area contributed by atoms with Gasteiger partial charge in [-0.1, -0.05) is 12.1 Å². The first-order valence-electron chi connectivity index (χ1n) is 11.1. The molecule has 0 saturated heterocycles. The van der Waals surface area contributed by atoms with Gasteiger partial charge in [0.15, 0.2) is 0 Å². The number of ether oxygens (including phenoxy) is 1. The number of nitrogens with one attached hydrogen (secondary N) is 1. The molecule has 166 valence electrons. The predicted octanol–water partition coefficient (Wildman–Crippen LogP) is 5.00. The van der Waals surface area contributed by atoms with E-state index in [2.05, 4.69) is 17.1 Å². The zero-order valence-corrected chi connectivity index (χ0v) is 18.6. The highest BCUT2D eigenvalue weighted by atomic mass is 16.5. The molecule has 0 aliphatic heterocycles. The number of hydrogen-bond acceptors (Lipinski definition) is 4. The molecule has 0 unspecified atom stereocenters. The molecule has 0 spiro atoms. The number of rotatable bonds is 9. The summed E-state index contributed by atoms with van der Waals surface area (Å²) in [6.07, 6.45) is 2.77. The SMILES string of the molecule is CCOc1ccc(-c2[nH]c3ccc(CC(=O)O)cc3c2CCCCN)c2ccc(C)nc12. The molecule has 0 aliphatic rings. The van der Waals surface area contributed by atoms with Crippen molar-refractivity contribution in [3.63, 3.8) is 0 Å². The first-order valence-corrected chi connectivity index (χ1v) is 11.1. The summed E-state index contributed by atoms with van der Waals surface area (Å²) >= 11 is 0. The minimum absolute atomic E-state index is 0.00781. The normalized spacial score (nSPS) is 11.3. The zero-order chi connectivity index (χ0) is 22.7. The molecule has 0 amide bonds. The summed E-state index contributed by atoms with van der Waals surface area (Å²) in [5.74, 6) is -0.0526. The largest absolute Gasteiger partial charge is 0.492 e. The molecule has 0 saturated carbocycles. The minimum atomic E-state index is -0.830. The smallest absolute Gasteiger partial charge is 0.307 e. The second-order valence-corrected chi connectivity index (χ2v) is 8.07. The Morgan fingerprint density at radius 1 is 1.12 bits per heavy atom. The number of hydrogen-bond donors (Lipinski definition) is 3. The third-order valence-corrected chi connectivity index (χ3v) is 5.74. The Hall–Kier alpha value is -3.38. The highest BCUT2D eigenvalue weighted by Gasteiger charge is 2.18. The average molecular weight is 432 g/mol. The van der Waals surface area contributed by atoms with Crippen LogP contribution in [0.4, 0.5) is 0 Å². The van der Waals surface area contributed by atoms with Gasteiger partial charge in [0.2, 0.25) is 0 Å². The topological polar surface area (TPSA) is 101 Å². The van der Waals surface area contributed by atoms with Crippen molar-refractivity contribution in [3.05, 3.63) is 59.3 Å². The molecular formula is C26H29N3O3. The average Bonchev–Trinajstić information content (AvgIpc) is 3.11. The number of benzene rings is 2. The summed E-state index contributed by atoms with van der Waals surface area (Å²) < 4.78 is 5.84. The molecule has 0 atom stereocenters. The van der Waals surface area contributed by atoms with Gasteiger partial charge in [0.1, 0.15) is 11.3 Å². The number of fused-ring (bicyclic) bond motifs is 2. The van der Waals surface area contributed by atoms with Gasteiger partial charge in [0.25, 0.3) is 0 Å². The molecule has 4 N–H and O–H groups in total. The second kappa shape index (κ2) is 9.40. The molecule has 0 bridgehead atoms. The van der Waals surface area contributed by atoms with Gasteiger partial charge >= 0.3 is 5.97 Å². The number of H-pyrrole nitrogens is 1. The van der Waals surface area contributed by atoms with Crippen LogP contribution in [0.3, 0.4) is 0 Å². The van der Waals surface area contributed by atoms with Gasteiger partial charge in [0, 0.05) is 27.5 Å². The molecule has 2 aromatic heterocycles. The van der Waals surface area contributed by atoms with Crippen LogP contribution in [0.5, 0.6) is 5.75 Å². The van der Waals surface area contributed by atoms with E-state index < -0.39 is 5.97 Å². The molecule has 32 heavy (non-hydrogen) atoms. The van der Waals surface area contributed by atoms with Gasteiger partial charge in [-0.3, -0.25) is 4.79 Å². The van der Waals surface area contributed by atoms with Crippen LogP contribution in [-0.4, -0.2) is 34.2 Å². The maximum Gasteiger partial charge on any atom is 0.307 e. The van der Waals surface area contributed by atoms with Crippen LogP contribution in [0.25, 0.3) is 33.1 Å². The number of aromatic nitrogens is 2. The third-order valence-electron chi connectivity index (χ3n) is 5.74. The van der Waals surface area contributed by atoms with E-state index in [0.29, 0.717) is 13.2 Å². The number of aliphatic carboxylic acids is 1. The lowest BCUT2D eigenvalue weighted by Gasteiger charge is -2.13. The molecule has 0 radical (unpaired) electrons. The summed E-state index contributed by atoms with van der Waals surface area (Å²) in [6, 6.07) is 14.0. The van der Waals surface area contributed by atoms with E-state index in [1.54, 1.807) is 0 Å². The zero-order valence-electron chi connectivity index (χ0n) is 18.6. The molecule has 0 aliphatic carbocycles. The van der Waals surface area contributed by atoms with Gasteiger partial charge in [-0.05, 0) is 81.1 Å². The molecule has 6 heteroatoms. The van der Waals surface area contributed by atoms with Crippen molar-refractivity contribution in [3.8, 4) is 17.0 Å². The summed E-state index contributed by atoms with van der Waals surface area (Å²) in [5, 5.41) is 11.3. The van der Waals surface area contributed by atoms with E-state index in [9.17, 15) is 9.90 Å². The van der Waals surface area contributed by atoms with Crippen molar-refractivity contribution in [2.75, 3.05) is 13.2 Å². The summed E-state index contributed by atoms with van der Waals surface area (Å²) in [6.45, 7) is 5.18. The lowest BCUT2D eigenvalue weighted by molar-refractivity contribution is -0.136. The van der Waals surface area contributed by atoms with E-state index in [0.717, 1.165) is 69.3 Å². The molecule has 4 rings (SSSR count). The standard InChI is InChI=1S/C26H29N3O3/c1-3-32-23-12-10-19(20-9-7-16(2)28-26(20)23)25-18(6-4-5-13-27)21-14-17(15-24(30)31)8-11-22(21)29-25/h7-12,14,29H,3-6,13,15,27H2,1-2H3,(H,30,31). The van der Waals surface area contributed by atoms with Crippen LogP contribution < -0.4 is 10.5 Å². The fourth-order valence-electron chi connectivity index (χ4n) is 4.29. The van der Waals surface area contributed by atoms with Crippen LogP contribution in [0.1, 0.15) is 36.6 Å². The predicted molar refractivity (Wildman–Crippen MR) is 128 cm³/mol. The van der Waals surface area contributed by atoms with Crippen LogP contribution in [0.2, 0.25) is 0 Å². The van der Waals surface area contributed by atoms with Crippen molar-refractivity contribution < 1.29 is 14.6 Å². The van der Waals surface area contributed by atoms with Gasteiger partial charge in [-0.2, -0.15) is 0 Å². The summed E-state index contributed by atoms with van der Waals surface area (Å²) in [4.78, 5) is 19.6. The summed E-state index contributed by atoms with van der Waals surface area (Å²) in [5.41, 5.74) is 12.6. The minimum Gasteiger partial charge on any atom is -0.492 e. The number of aromatic amines is 1. The number of carboxylic acid groups (broad SMARTS) is 1. The lowest BCUT2D eigenvalue weighted by Crippen LogP contribution is -2.00. The van der Waals surface area contributed by atoms with Crippen molar-refractivity contribution in [2.45, 2.75) is 39.5 Å². The Kier molecular flexibility index (Phi) is 6.42. The Morgan fingerprint density at radius 2 is 1.97 bits per heavy atom. The van der Waals surface area contributed by atoms with Crippen molar-refractivity contribution in [1.29, 1.82) is 0 Å². The first-order chi connectivity index (χ1) is 15.5. The number of carboxylic acids is 1. The van der Waals surface area contributed by atoms with Crippen LogP contribution in [-0.2, 0) is 17.6 Å². The lowest BCUT2D eigenvalue weighted by atomic mass is 9.96. The highest BCUT2D eigenvalue weighted by Crippen LogP contribution is 2.38. The third kappa shape index (κ3) is 4.32. The number of aryl methyl sites for hydroxylation is 2. The number of nitrogens with two attached hydrogens (primary N) is 1. The van der Waals surface area contributed by atoms with E-state index in [-0.39, 0.29) is 6.42 Å². The van der Waals surface area contributed by atoms with E-state index in [4.69, 9.17) is 15.5 Å². The Labute approximate surface area is 187 Å². The fourth-order valence-corrected chi connectivity index (χ4v) is 4.29. The van der Waals surface area contributed by atoms with E-state index in [1.165, 1.54) is 5.56 Å². The van der Waals surface area contributed by atoms with Gasteiger partial charge < -0.3 is 20.6 Å². The maximum atomic E-state index is 11.2. The molecule has 2 aromatic carbocycles. The van der Waals surface area contributed by atoms with Crippen LogP contribution in [0.15, 0.2) is 42.5 Å². The van der Waals surface area contributed by atoms with E-state index in [1.807, 2.05) is 44.2 Å². The number of pyridine rings is 1. The molecule has 4 aromatic rings. The highest BCUT2D eigenvalue weighted by molar-refractivity contribution is 6.01. The number of carbonyl (C=O) groups is 1. The second-order valence-electron chi connectivity index (χ2n) is 8.07.